The van der Waals surface area contributed by atoms with Gasteiger partial charge in [0.05, 0.1) is 29.3 Å². The lowest BCUT2D eigenvalue weighted by Crippen LogP contribution is -2.13. The van der Waals surface area contributed by atoms with Crippen LogP contribution in [0.5, 0.6) is 5.75 Å². The van der Waals surface area contributed by atoms with Gasteiger partial charge < -0.3 is 15.2 Å². The van der Waals surface area contributed by atoms with Crippen molar-refractivity contribution in [3.8, 4) is 5.75 Å². The Labute approximate surface area is 132 Å². The highest BCUT2D eigenvalue weighted by Gasteiger charge is 2.15. The van der Waals surface area contributed by atoms with E-state index in [1.54, 1.807) is 36.4 Å². The van der Waals surface area contributed by atoms with E-state index in [0.717, 1.165) is 0 Å². The number of amides is 1. The summed E-state index contributed by atoms with van der Waals surface area (Å²) in [6.07, 6.45) is 0. The van der Waals surface area contributed by atoms with Crippen LogP contribution in [0.1, 0.15) is 15.9 Å². The number of anilines is 1. The van der Waals surface area contributed by atoms with Gasteiger partial charge in [-0.25, -0.2) is 0 Å². The number of hydrogen-bond acceptors (Lipinski definition) is 3. The van der Waals surface area contributed by atoms with Crippen molar-refractivity contribution in [1.82, 2.24) is 0 Å². The molecule has 2 aromatic carbocycles. The molecule has 0 bridgehead atoms. The zero-order valence-electron chi connectivity index (χ0n) is 11.2. The van der Waals surface area contributed by atoms with Crippen molar-refractivity contribution < 1.29 is 14.6 Å². The normalized spacial score (nSPS) is 10.3. The summed E-state index contributed by atoms with van der Waals surface area (Å²) < 4.78 is 5.10. The Morgan fingerprint density at radius 2 is 1.90 bits per heavy atom. The maximum absolute atomic E-state index is 12.2. The molecule has 2 rings (SSSR count). The molecule has 0 aliphatic rings. The number of nitrogens with one attached hydrogen (secondary N) is 1. The van der Waals surface area contributed by atoms with Gasteiger partial charge in [0.2, 0.25) is 0 Å². The fourth-order valence-corrected chi connectivity index (χ4v) is 2.46. The minimum atomic E-state index is -0.417. The summed E-state index contributed by atoms with van der Waals surface area (Å²) in [5, 5.41) is 12.5. The zero-order valence-corrected chi connectivity index (χ0v) is 12.7. The highest BCUT2D eigenvalue weighted by atomic mass is 35.5. The molecule has 1 amide bonds. The van der Waals surface area contributed by atoms with Gasteiger partial charge in [-0.05, 0) is 30.3 Å². The van der Waals surface area contributed by atoms with Gasteiger partial charge in [0.1, 0.15) is 5.75 Å². The molecule has 0 fully saturated rings. The third kappa shape index (κ3) is 3.47. The van der Waals surface area contributed by atoms with Crippen LogP contribution < -0.4 is 10.1 Å². The van der Waals surface area contributed by atoms with Gasteiger partial charge in [-0.2, -0.15) is 0 Å². The molecule has 0 aliphatic heterocycles. The van der Waals surface area contributed by atoms with E-state index in [1.165, 1.54) is 7.11 Å². The van der Waals surface area contributed by atoms with Crippen LogP contribution in [0, 0.1) is 0 Å². The molecule has 2 N–H and O–H groups in total. The number of rotatable bonds is 4. The average molecular weight is 326 g/mol. The number of benzene rings is 2. The molecular formula is C15H13Cl2NO3. The standard InChI is InChI=1S/C15H13Cl2NO3/c1-21-13-6-5-10(7-9(13)8-19)18-15(20)14-11(16)3-2-4-12(14)17/h2-7,19H,8H2,1H3,(H,18,20). The summed E-state index contributed by atoms with van der Waals surface area (Å²) in [6, 6.07) is 9.81. The topological polar surface area (TPSA) is 58.6 Å². The molecule has 0 radical (unpaired) electrons. The number of aliphatic hydroxyl groups is 1. The molecule has 0 aromatic heterocycles. The monoisotopic (exact) mass is 325 g/mol. The lowest BCUT2D eigenvalue weighted by Gasteiger charge is -2.11. The van der Waals surface area contributed by atoms with Crippen LogP contribution >= 0.6 is 23.2 Å². The number of methoxy groups -OCH3 is 1. The molecule has 0 spiro atoms. The van der Waals surface area contributed by atoms with E-state index in [4.69, 9.17) is 27.9 Å². The number of ether oxygens (including phenoxy) is 1. The largest absolute Gasteiger partial charge is 0.496 e. The van der Waals surface area contributed by atoms with Gasteiger partial charge in [0.25, 0.3) is 5.91 Å². The lowest BCUT2D eigenvalue weighted by molar-refractivity contribution is 0.102. The van der Waals surface area contributed by atoms with Crippen LogP contribution in [0.4, 0.5) is 5.69 Å². The molecular weight excluding hydrogens is 313 g/mol. The summed E-state index contributed by atoms with van der Waals surface area (Å²) in [6.45, 7) is -0.195. The maximum Gasteiger partial charge on any atom is 0.258 e. The van der Waals surface area contributed by atoms with Crippen LogP contribution in [0.3, 0.4) is 0 Å². The summed E-state index contributed by atoms with van der Waals surface area (Å²) in [5.41, 5.74) is 1.29. The Hall–Kier alpha value is -1.75. The fourth-order valence-electron chi connectivity index (χ4n) is 1.89. The Kier molecular flexibility index (Phi) is 5.07. The van der Waals surface area contributed by atoms with Gasteiger partial charge in [-0.15, -0.1) is 0 Å². The number of halogens is 2. The Bertz CT molecular complexity index is 654. The molecule has 6 heteroatoms. The van der Waals surface area contributed by atoms with Crippen molar-refractivity contribution in [3.63, 3.8) is 0 Å². The minimum absolute atomic E-state index is 0.195. The SMILES string of the molecule is COc1ccc(NC(=O)c2c(Cl)cccc2Cl)cc1CO. The summed E-state index contributed by atoms with van der Waals surface area (Å²) in [7, 11) is 1.51. The first kappa shape index (κ1) is 15.6. The third-order valence-electron chi connectivity index (χ3n) is 2.90. The first-order chi connectivity index (χ1) is 10.1. The summed E-state index contributed by atoms with van der Waals surface area (Å²) in [5.74, 6) is 0.130. The van der Waals surface area contributed by atoms with Gasteiger partial charge in [0.15, 0.2) is 0 Å². The molecule has 0 atom stereocenters. The van der Waals surface area contributed by atoms with Crippen molar-refractivity contribution in [2.45, 2.75) is 6.61 Å². The molecule has 4 nitrogen and oxygen atoms in total. The van der Waals surface area contributed by atoms with E-state index in [9.17, 15) is 9.90 Å². The van der Waals surface area contributed by atoms with Crippen LogP contribution in [0.15, 0.2) is 36.4 Å². The van der Waals surface area contributed by atoms with Crippen LogP contribution in [0.25, 0.3) is 0 Å². The van der Waals surface area contributed by atoms with E-state index in [-0.39, 0.29) is 22.2 Å². The van der Waals surface area contributed by atoms with Crippen molar-refractivity contribution in [3.05, 3.63) is 57.6 Å². The lowest BCUT2D eigenvalue weighted by atomic mass is 10.1. The zero-order chi connectivity index (χ0) is 15.4. The second-order valence-corrected chi connectivity index (χ2v) is 5.05. The molecule has 0 saturated carbocycles. The molecule has 0 unspecified atom stereocenters. The number of carbonyl (C=O) groups excluding carboxylic acids is 1. The minimum Gasteiger partial charge on any atom is -0.496 e. The van der Waals surface area contributed by atoms with E-state index in [0.29, 0.717) is 17.0 Å². The molecule has 0 saturated heterocycles. The Morgan fingerprint density at radius 3 is 2.48 bits per heavy atom. The van der Waals surface area contributed by atoms with E-state index < -0.39 is 5.91 Å². The highest BCUT2D eigenvalue weighted by molar-refractivity contribution is 6.40. The van der Waals surface area contributed by atoms with E-state index >= 15 is 0 Å². The average Bonchev–Trinajstić information content (AvgIpc) is 2.46. The molecule has 21 heavy (non-hydrogen) atoms. The van der Waals surface area contributed by atoms with Crippen LogP contribution in [-0.4, -0.2) is 18.1 Å². The van der Waals surface area contributed by atoms with Crippen molar-refractivity contribution >= 4 is 34.8 Å². The number of hydrogen-bond donors (Lipinski definition) is 2. The maximum atomic E-state index is 12.2. The van der Waals surface area contributed by atoms with E-state index in [2.05, 4.69) is 5.32 Å². The van der Waals surface area contributed by atoms with Gasteiger partial charge >= 0.3 is 0 Å². The van der Waals surface area contributed by atoms with Crippen molar-refractivity contribution in [1.29, 1.82) is 0 Å². The van der Waals surface area contributed by atoms with E-state index in [1.807, 2.05) is 0 Å². The summed E-state index contributed by atoms with van der Waals surface area (Å²) >= 11 is 12.0. The molecule has 0 aliphatic carbocycles. The third-order valence-corrected chi connectivity index (χ3v) is 3.53. The Balaban J connectivity index is 2.28. The van der Waals surface area contributed by atoms with Crippen molar-refractivity contribution in [2.75, 3.05) is 12.4 Å². The first-order valence-corrected chi connectivity index (χ1v) is 6.85. The van der Waals surface area contributed by atoms with Gasteiger partial charge in [0, 0.05) is 11.3 Å². The second kappa shape index (κ2) is 6.80. The molecule has 2 aromatic rings. The highest BCUT2D eigenvalue weighted by Crippen LogP contribution is 2.27. The predicted octanol–water partition coefficient (Wildman–Crippen LogP) is 3.75. The summed E-state index contributed by atoms with van der Waals surface area (Å²) in [4.78, 5) is 12.2. The quantitative estimate of drug-likeness (QED) is 0.900. The fraction of sp³-hybridized carbons (Fsp3) is 0.133. The second-order valence-electron chi connectivity index (χ2n) is 4.24. The number of aliphatic hydroxyl groups excluding tert-OH is 1. The van der Waals surface area contributed by atoms with Gasteiger partial charge in [-0.1, -0.05) is 29.3 Å². The number of carbonyl (C=O) groups is 1. The van der Waals surface area contributed by atoms with Crippen LogP contribution in [-0.2, 0) is 6.61 Å². The molecule has 0 heterocycles. The predicted molar refractivity (Wildman–Crippen MR) is 83.3 cm³/mol. The Morgan fingerprint density at radius 1 is 1.24 bits per heavy atom. The van der Waals surface area contributed by atoms with Crippen LogP contribution in [0.2, 0.25) is 10.0 Å². The smallest absolute Gasteiger partial charge is 0.258 e. The first-order valence-electron chi connectivity index (χ1n) is 6.10. The molecule has 110 valence electrons. The van der Waals surface area contributed by atoms with Crippen molar-refractivity contribution in [2.24, 2.45) is 0 Å². The van der Waals surface area contributed by atoms with Gasteiger partial charge in [-0.3, -0.25) is 4.79 Å².